The molecule has 0 saturated heterocycles. The molecule has 0 aliphatic carbocycles. The predicted octanol–water partition coefficient (Wildman–Crippen LogP) is 3.60. The van der Waals surface area contributed by atoms with Crippen LogP contribution in [-0.2, 0) is 9.59 Å². The summed E-state index contributed by atoms with van der Waals surface area (Å²) in [6.45, 7) is 9.47. The van der Waals surface area contributed by atoms with Crippen LogP contribution in [0, 0.1) is 18.3 Å². The van der Waals surface area contributed by atoms with E-state index in [1.165, 1.54) is 0 Å². The van der Waals surface area contributed by atoms with E-state index in [9.17, 15) is 19.5 Å². The maximum Gasteiger partial charge on any atom is 0.311 e. The van der Waals surface area contributed by atoms with Gasteiger partial charge in [-0.2, -0.15) is 0 Å². The number of benzene rings is 1. The van der Waals surface area contributed by atoms with Crippen LogP contribution < -0.4 is 10.6 Å². The van der Waals surface area contributed by atoms with Crippen molar-refractivity contribution >= 4 is 23.5 Å². The van der Waals surface area contributed by atoms with Crippen molar-refractivity contribution in [3.63, 3.8) is 0 Å². The zero-order valence-electron chi connectivity index (χ0n) is 16.3. The van der Waals surface area contributed by atoms with Gasteiger partial charge in [0.1, 0.15) is 0 Å². The number of hydrogen-bond acceptors (Lipinski definition) is 3. The zero-order valence-corrected chi connectivity index (χ0v) is 16.3. The molecule has 0 heterocycles. The highest BCUT2D eigenvalue weighted by Crippen LogP contribution is 2.26. The van der Waals surface area contributed by atoms with Crippen molar-refractivity contribution in [2.45, 2.75) is 53.9 Å². The molecule has 0 atom stereocenters. The monoisotopic (exact) mass is 362 g/mol. The van der Waals surface area contributed by atoms with Gasteiger partial charge >= 0.3 is 5.97 Å². The van der Waals surface area contributed by atoms with Gasteiger partial charge in [-0.25, -0.2) is 0 Å². The lowest BCUT2D eigenvalue weighted by Gasteiger charge is -2.26. The van der Waals surface area contributed by atoms with E-state index in [2.05, 4.69) is 10.6 Å². The largest absolute Gasteiger partial charge is 0.481 e. The van der Waals surface area contributed by atoms with Crippen LogP contribution in [0.15, 0.2) is 18.2 Å². The van der Waals surface area contributed by atoms with E-state index in [-0.39, 0.29) is 24.3 Å². The van der Waals surface area contributed by atoms with Crippen LogP contribution in [0.1, 0.15) is 62.9 Å². The fourth-order valence-electron chi connectivity index (χ4n) is 2.75. The molecule has 0 unspecified atom stereocenters. The molecule has 0 aliphatic heterocycles. The van der Waals surface area contributed by atoms with Gasteiger partial charge in [0.2, 0.25) is 5.91 Å². The van der Waals surface area contributed by atoms with Gasteiger partial charge in [0.25, 0.3) is 5.91 Å². The smallest absolute Gasteiger partial charge is 0.311 e. The molecule has 0 fully saturated rings. The maximum absolute atomic E-state index is 12.4. The average molecular weight is 362 g/mol. The third-order valence-corrected chi connectivity index (χ3v) is 4.75. The van der Waals surface area contributed by atoms with Gasteiger partial charge in [-0.15, -0.1) is 0 Å². The third-order valence-electron chi connectivity index (χ3n) is 4.75. The Morgan fingerprint density at radius 1 is 1.15 bits per heavy atom. The first-order valence-corrected chi connectivity index (χ1v) is 9.07. The van der Waals surface area contributed by atoms with Crippen LogP contribution in [0.2, 0.25) is 0 Å². The van der Waals surface area contributed by atoms with E-state index < -0.39 is 11.4 Å². The summed E-state index contributed by atoms with van der Waals surface area (Å²) in [5, 5.41) is 15.0. The topological polar surface area (TPSA) is 95.5 Å². The number of carbonyl (C=O) groups excluding carboxylic acids is 2. The number of carboxylic acid groups (broad SMARTS) is 1. The molecule has 0 aromatic heterocycles. The Hall–Kier alpha value is -2.37. The Morgan fingerprint density at radius 2 is 1.77 bits per heavy atom. The van der Waals surface area contributed by atoms with Crippen molar-refractivity contribution in [2.24, 2.45) is 11.3 Å². The minimum atomic E-state index is -0.949. The molecular formula is C20H30N2O4. The molecule has 0 aliphatic rings. The second-order valence-corrected chi connectivity index (χ2v) is 7.15. The molecule has 0 bridgehead atoms. The van der Waals surface area contributed by atoms with Crippen LogP contribution >= 0.6 is 0 Å². The molecule has 0 saturated carbocycles. The number of rotatable bonds is 9. The number of carbonyl (C=O) groups is 3. The number of hydrogen-bond donors (Lipinski definition) is 3. The fraction of sp³-hybridized carbons (Fsp3) is 0.550. The maximum atomic E-state index is 12.4. The summed E-state index contributed by atoms with van der Waals surface area (Å²) in [7, 11) is 0. The first-order valence-electron chi connectivity index (χ1n) is 9.07. The van der Waals surface area contributed by atoms with E-state index in [1.54, 1.807) is 18.2 Å². The summed E-state index contributed by atoms with van der Waals surface area (Å²) >= 11 is 0. The molecule has 6 heteroatoms. The lowest BCUT2D eigenvalue weighted by atomic mass is 9.82. The molecule has 0 radical (unpaired) electrons. The number of amides is 2. The van der Waals surface area contributed by atoms with Crippen molar-refractivity contribution in [1.82, 2.24) is 5.32 Å². The molecule has 1 aromatic carbocycles. The highest BCUT2D eigenvalue weighted by Gasteiger charge is 2.35. The van der Waals surface area contributed by atoms with E-state index in [4.69, 9.17) is 0 Å². The highest BCUT2D eigenvalue weighted by atomic mass is 16.4. The minimum Gasteiger partial charge on any atom is -0.481 e. The molecule has 3 N–H and O–H groups in total. The summed E-state index contributed by atoms with van der Waals surface area (Å²) in [6.07, 6.45) is 1.32. The van der Waals surface area contributed by atoms with Gasteiger partial charge in [-0.05, 0) is 49.4 Å². The second kappa shape index (κ2) is 9.36. The number of aryl methyl sites for hydroxylation is 1. The van der Waals surface area contributed by atoms with E-state index in [1.807, 2.05) is 34.6 Å². The van der Waals surface area contributed by atoms with Crippen LogP contribution in [0.25, 0.3) is 0 Å². The van der Waals surface area contributed by atoms with Crippen molar-refractivity contribution in [1.29, 1.82) is 0 Å². The van der Waals surface area contributed by atoms with E-state index >= 15 is 0 Å². The normalized spacial score (nSPS) is 11.3. The van der Waals surface area contributed by atoms with Gasteiger partial charge in [0.15, 0.2) is 0 Å². The summed E-state index contributed by atoms with van der Waals surface area (Å²) < 4.78 is 0. The molecule has 144 valence electrons. The number of anilines is 1. The van der Waals surface area contributed by atoms with Crippen molar-refractivity contribution in [2.75, 3.05) is 11.9 Å². The molecule has 1 aromatic rings. The van der Waals surface area contributed by atoms with Gasteiger partial charge in [-0.3, -0.25) is 14.4 Å². The van der Waals surface area contributed by atoms with Gasteiger partial charge in [0.05, 0.1) is 5.41 Å². The Kier molecular flexibility index (Phi) is 7.80. The molecule has 2 amide bonds. The Bertz CT molecular complexity index is 664. The number of aliphatic carboxylic acids is 1. The molecule has 6 nitrogen and oxygen atoms in total. The number of nitrogens with one attached hydrogen (secondary N) is 2. The van der Waals surface area contributed by atoms with Crippen LogP contribution in [0.4, 0.5) is 5.69 Å². The van der Waals surface area contributed by atoms with Gasteiger partial charge < -0.3 is 15.7 Å². The summed E-state index contributed by atoms with van der Waals surface area (Å²) in [6, 6.07) is 5.03. The van der Waals surface area contributed by atoms with Crippen molar-refractivity contribution in [3.05, 3.63) is 29.3 Å². The first kappa shape index (κ1) is 21.7. The van der Waals surface area contributed by atoms with Gasteiger partial charge in [0, 0.05) is 24.2 Å². The quantitative estimate of drug-likeness (QED) is 0.625. The molecular weight excluding hydrogens is 332 g/mol. The highest BCUT2D eigenvalue weighted by molar-refractivity contribution is 5.96. The van der Waals surface area contributed by atoms with Gasteiger partial charge in [-0.1, -0.05) is 27.7 Å². The van der Waals surface area contributed by atoms with E-state index in [0.717, 1.165) is 5.56 Å². The van der Waals surface area contributed by atoms with Crippen molar-refractivity contribution < 1.29 is 19.5 Å². The first-order chi connectivity index (χ1) is 12.1. The molecule has 26 heavy (non-hydrogen) atoms. The standard InChI is InChI=1S/C20H30N2O4/c1-6-20(7-2,19(25)26)12-21-18(24)15-8-9-16(14(5)11-15)22-17(23)10-13(3)4/h8-9,11,13H,6-7,10,12H2,1-5H3,(H,21,24)(H,22,23)(H,25,26). The predicted molar refractivity (Wildman–Crippen MR) is 102 cm³/mol. The lowest BCUT2D eigenvalue weighted by molar-refractivity contribution is -0.149. The third kappa shape index (κ3) is 5.58. The Morgan fingerprint density at radius 3 is 2.23 bits per heavy atom. The lowest BCUT2D eigenvalue weighted by Crippen LogP contribution is -2.42. The Balaban J connectivity index is 2.81. The summed E-state index contributed by atoms with van der Waals surface area (Å²) in [4.78, 5) is 35.8. The van der Waals surface area contributed by atoms with Crippen molar-refractivity contribution in [3.8, 4) is 0 Å². The average Bonchev–Trinajstić information content (AvgIpc) is 2.56. The zero-order chi connectivity index (χ0) is 19.9. The second-order valence-electron chi connectivity index (χ2n) is 7.15. The summed E-state index contributed by atoms with van der Waals surface area (Å²) in [5.41, 5.74) is 0.949. The number of carboxylic acids is 1. The van der Waals surface area contributed by atoms with Crippen LogP contribution in [0.3, 0.4) is 0 Å². The van der Waals surface area contributed by atoms with E-state index in [0.29, 0.717) is 30.5 Å². The van der Waals surface area contributed by atoms with Crippen LogP contribution in [-0.4, -0.2) is 29.4 Å². The summed E-state index contributed by atoms with van der Waals surface area (Å²) in [5.74, 6) is -1.01. The molecule has 0 spiro atoms. The molecule has 1 rings (SSSR count). The van der Waals surface area contributed by atoms with Crippen LogP contribution in [0.5, 0.6) is 0 Å². The minimum absolute atomic E-state index is 0.0579. The Labute approximate surface area is 155 Å². The SMILES string of the molecule is CCC(CC)(CNC(=O)c1ccc(NC(=O)CC(C)C)c(C)c1)C(=O)O. The fourth-order valence-corrected chi connectivity index (χ4v) is 2.75.